The fraction of sp³-hybridized carbons (Fsp3) is 0.722. The first-order valence-electron chi connectivity index (χ1n) is 8.98. The van der Waals surface area contributed by atoms with Crippen LogP contribution in [-0.4, -0.2) is 56.1 Å². The van der Waals surface area contributed by atoms with Gasteiger partial charge in [-0.05, 0) is 69.8 Å². The van der Waals surface area contributed by atoms with E-state index >= 15 is 0 Å². The molecule has 1 atom stereocenters. The third kappa shape index (κ3) is 6.06. The van der Waals surface area contributed by atoms with Gasteiger partial charge in [0.1, 0.15) is 11.5 Å². The molecule has 24 heavy (non-hydrogen) atoms. The van der Waals surface area contributed by atoms with Gasteiger partial charge in [-0.3, -0.25) is 9.89 Å². The van der Waals surface area contributed by atoms with E-state index in [1.54, 1.807) is 0 Å². The van der Waals surface area contributed by atoms with Crippen LogP contribution in [0.25, 0.3) is 0 Å². The van der Waals surface area contributed by atoms with Crippen molar-refractivity contribution in [3.8, 4) is 0 Å². The molecule has 0 saturated carbocycles. The van der Waals surface area contributed by atoms with Crippen LogP contribution >= 0.6 is 11.8 Å². The average molecular weight is 353 g/mol. The molecular weight excluding hydrogens is 320 g/mol. The monoisotopic (exact) mass is 352 g/mol. The first-order valence-corrected chi connectivity index (χ1v) is 10.4. The molecule has 6 heteroatoms. The van der Waals surface area contributed by atoms with E-state index in [0.29, 0.717) is 0 Å². The zero-order valence-electron chi connectivity index (χ0n) is 15.3. The number of aryl methyl sites for hydroxylation is 1. The summed E-state index contributed by atoms with van der Waals surface area (Å²) in [5.74, 6) is 4.14. The second-order valence-electron chi connectivity index (χ2n) is 6.29. The van der Waals surface area contributed by atoms with Gasteiger partial charge in [-0.25, -0.2) is 0 Å². The van der Waals surface area contributed by atoms with Crippen molar-refractivity contribution in [1.29, 1.82) is 0 Å². The Morgan fingerprint density at radius 3 is 2.71 bits per heavy atom. The molecule has 2 N–H and O–H groups in total. The maximum atomic E-state index is 5.91. The van der Waals surface area contributed by atoms with Crippen molar-refractivity contribution in [2.45, 2.75) is 38.6 Å². The number of unbranched alkanes of at least 4 members (excludes halogenated alkanes) is 1. The Balaban J connectivity index is 1.84. The average Bonchev–Trinajstić information content (AvgIpc) is 3.25. The van der Waals surface area contributed by atoms with E-state index in [2.05, 4.69) is 38.9 Å². The van der Waals surface area contributed by atoms with E-state index in [0.717, 1.165) is 43.7 Å². The van der Waals surface area contributed by atoms with Crippen LogP contribution in [0.1, 0.15) is 43.2 Å². The molecule has 0 bridgehead atoms. The van der Waals surface area contributed by atoms with Crippen LogP contribution in [0.3, 0.4) is 0 Å². The lowest BCUT2D eigenvalue weighted by Crippen LogP contribution is -2.42. The molecule has 1 aromatic rings. The van der Waals surface area contributed by atoms with Crippen LogP contribution in [0.5, 0.6) is 0 Å². The van der Waals surface area contributed by atoms with E-state index in [4.69, 9.17) is 4.42 Å². The van der Waals surface area contributed by atoms with Gasteiger partial charge in [-0.1, -0.05) is 0 Å². The molecule has 1 fully saturated rings. The minimum Gasteiger partial charge on any atom is -0.465 e. The zero-order chi connectivity index (χ0) is 17.2. The van der Waals surface area contributed by atoms with E-state index in [-0.39, 0.29) is 6.04 Å². The summed E-state index contributed by atoms with van der Waals surface area (Å²) in [6.07, 6.45) is 7.13. The van der Waals surface area contributed by atoms with Gasteiger partial charge in [0.15, 0.2) is 5.96 Å². The molecule has 0 aliphatic carbocycles. The molecule has 1 aliphatic rings. The number of likely N-dealkylation sites (tertiary alicyclic amines) is 1. The van der Waals surface area contributed by atoms with Crippen molar-refractivity contribution in [2.75, 3.05) is 45.2 Å². The maximum Gasteiger partial charge on any atom is 0.191 e. The highest BCUT2D eigenvalue weighted by molar-refractivity contribution is 7.98. The van der Waals surface area contributed by atoms with Gasteiger partial charge in [0.2, 0.25) is 0 Å². The third-order valence-corrected chi connectivity index (χ3v) is 5.12. The molecule has 1 aromatic heterocycles. The smallest absolute Gasteiger partial charge is 0.191 e. The molecule has 0 amide bonds. The van der Waals surface area contributed by atoms with E-state index in [1.165, 1.54) is 31.4 Å². The highest BCUT2D eigenvalue weighted by Gasteiger charge is 2.26. The molecule has 2 heterocycles. The summed E-state index contributed by atoms with van der Waals surface area (Å²) in [5.41, 5.74) is 0. The lowest BCUT2D eigenvalue weighted by atomic mass is 10.2. The van der Waals surface area contributed by atoms with Gasteiger partial charge < -0.3 is 15.1 Å². The molecule has 0 aromatic carbocycles. The predicted molar refractivity (Wildman–Crippen MR) is 104 cm³/mol. The van der Waals surface area contributed by atoms with Gasteiger partial charge in [-0.15, -0.1) is 0 Å². The van der Waals surface area contributed by atoms with Crippen LogP contribution in [0.15, 0.2) is 21.5 Å². The minimum absolute atomic E-state index is 0.274. The van der Waals surface area contributed by atoms with Crippen molar-refractivity contribution in [3.63, 3.8) is 0 Å². The molecule has 0 radical (unpaired) electrons. The number of furan rings is 1. The number of aliphatic imine (C=N–C) groups is 1. The quantitative estimate of drug-likeness (QED) is 0.406. The molecule has 5 nitrogen and oxygen atoms in total. The number of guanidine groups is 1. The molecule has 136 valence electrons. The Morgan fingerprint density at radius 1 is 1.29 bits per heavy atom. The van der Waals surface area contributed by atoms with Crippen LogP contribution in [0.4, 0.5) is 0 Å². The molecular formula is C18H32N4OS. The van der Waals surface area contributed by atoms with Gasteiger partial charge in [-0.2, -0.15) is 11.8 Å². The first kappa shape index (κ1) is 19.2. The van der Waals surface area contributed by atoms with E-state index in [1.807, 2.05) is 25.7 Å². The molecule has 1 unspecified atom stereocenters. The van der Waals surface area contributed by atoms with Crippen LogP contribution in [0.2, 0.25) is 0 Å². The molecule has 1 aliphatic heterocycles. The Hall–Kier alpha value is -1.14. The highest BCUT2D eigenvalue weighted by Crippen LogP contribution is 2.26. The number of nitrogens with zero attached hydrogens (tertiary/aromatic N) is 2. The molecule has 2 rings (SSSR count). The van der Waals surface area contributed by atoms with Gasteiger partial charge >= 0.3 is 0 Å². The predicted octanol–water partition coefficient (Wildman–Crippen LogP) is 3.03. The summed E-state index contributed by atoms with van der Waals surface area (Å²) < 4.78 is 5.91. The second kappa shape index (κ2) is 10.7. The van der Waals surface area contributed by atoms with Gasteiger partial charge in [0, 0.05) is 20.1 Å². The van der Waals surface area contributed by atoms with E-state index in [9.17, 15) is 0 Å². The van der Waals surface area contributed by atoms with Gasteiger partial charge in [0.05, 0.1) is 6.04 Å². The zero-order valence-corrected chi connectivity index (χ0v) is 16.1. The Labute approximate surface area is 150 Å². The fourth-order valence-corrected chi connectivity index (χ4v) is 3.58. The van der Waals surface area contributed by atoms with Crippen LogP contribution in [-0.2, 0) is 0 Å². The van der Waals surface area contributed by atoms with E-state index < -0.39 is 0 Å². The standard InChI is InChI=1S/C18H32N4OS/c1-15-8-9-17(23-15)16(22-11-5-6-12-22)14-21-18(19-2)20-10-4-7-13-24-3/h8-9,16H,4-7,10-14H2,1-3H3,(H2,19,20,21). The second-order valence-corrected chi connectivity index (χ2v) is 7.27. The Bertz CT molecular complexity index is 497. The number of nitrogens with one attached hydrogen (secondary N) is 2. The fourth-order valence-electron chi connectivity index (χ4n) is 3.09. The minimum atomic E-state index is 0.274. The van der Waals surface area contributed by atoms with Gasteiger partial charge in [0.25, 0.3) is 0 Å². The van der Waals surface area contributed by atoms with Crippen molar-refractivity contribution < 1.29 is 4.42 Å². The lowest BCUT2D eigenvalue weighted by molar-refractivity contribution is 0.213. The summed E-state index contributed by atoms with van der Waals surface area (Å²) in [6.45, 7) is 6.08. The summed E-state index contributed by atoms with van der Waals surface area (Å²) in [7, 11) is 1.83. The summed E-state index contributed by atoms with van der Waals surface area (Å²) in [4.78, 5) is 6.85. The van der Waals surface area contributed by atoms with Crippen molar-refractivity contribution >= 4 is 17.7 Å². The van der Waals surface area contributed by atoms with Crippen molar-refractivity contribution in [3.05, 3.63) is 23.7 Å². The maximum absolute atomic E-state index is 5.91. The Morgan fingerprint density at radius 2 is 2.08 bits per heavy atom. The SMILES string of the molecule is CN=C(NCCCCSC)NCC(c1ccc(C)o1)N1CCCC1. The third-order valence-electron chi connectivity index (χ3n) is 4.43. The van der Waals surface area contributed by atoms with Crippen LogP contribution < -0.4 is 10.6 Å². The Kier molecular flexibility index (Phi) is 8.53. The highest BCUT2D eigenvalue weighted by atomic mass is 32.2. The van der Waals surface area contributed by atoms with Crippen LogP contribution in [0, 0.1) is 6.92 Å². The van der Waals surface area contributed by atoms with Crippen molar-refractivity contribution in [2.24, 2.45) is 4.99 Å². The largest absolute Gasteiger partial charge is 0.465 e. The number of hydrogen-bond acceptors (Lipinski definition) is 4. The summed E-state index contributed by atoms with van der Waals surface area (Å²) in [6, 6.07) is 4.44. The topological polar surface area (TPSA) is 52.8 Å². The summed E-state index contributed by atoms with van der Waals surface area (Å²) in [5, 5.41) is 6.89. The molecule has 0 spiro atoms. The molecule has 1 saturated heterocycles. The number of hydrogen-bond donors (Lipinski definition) is 2. The first-order chi connectivity index (χ1) is 11.7. The van der Waals surface area contributed by atoms with Crippen molar-refractivity contribution in [1.82, 2.24) is 15.5 Å². The number of thioether (sulfide) groups is 1. The normalized spacial score (nSPS) is 17.2. The lowest BCUT2D eigenvalue weighted by Gasteiger charge is -2.26. The number of rotatable bonds is 9. The summed E-state index contributed by atoms with van der Waals surface area (Å²) >= 11 is 1.90.